The highest BCUT2D eigenvalue weighted by molar-refractivity contribution is 7.26. The molecule has 5 aromatic rings. The van der Waals surface area contributed by atoms with Crippen LogP contribution >= 0.6 is 11.3 Å². The first kappa shape index (κ1) is 14.5. The van der Waals surface area contributed by atoms with Crippen LogP contribution in [-0.4, -0.2) is 0 Å². The van der Waals surface area contributed by atoms with E-state index in [1.807, 2.05) is 11.3 Å². The van der Waals surface area contributed by atoms with Crippen LogP contribution in [0.1, 0.15) is 25.0 Å². The van der Waals surface area contributed by atoms with E-state index in [2.05, 4.69) is 86.6 Å². The highest BCUT2D eigenvalue weighted by Crippen LogP contribution is 2.50. The standard InChI is InChI=1S/C25H18S/c1-25(2)21-9-5-3-7-16(21)20-14-19-15(13-22(20)25)11-12-18-17-8-4-6-10-23(17)26-24(18)19/h3-14H,1-2H3. The first-order valence-electron chi connectivity index (χ1n) is 9.13. The van der Waals surface area contributed by atoms with Crippen LogP contribution in [0, 0.1) is 0 Å². The minimum atomic E-state index is 0.0647. The lowest BCUT2D eigenvalue weighted by Crippen LogP contribution is -2.14. The number of rotatable bonds is 0. The van der Waals surface area contributed by atoms with Crippen LogP contribution in [0.2, 0.25) is 0 Å². The van der Waals surface area contributed by atoms with Gasteiger partial charge >= 0.3 is 0 Å². The predicted molar refractivity (Wildman–Crippen MR) is 114 cm³/mol. The molecule has 4 aromatic carbocycles. The Morgan fingerprint density at radius 3 is 2.38 bits per heavy atom. The second-order valence-corrected chi connectivity index (χ2v) is 8.88. The van der Waals surface area contributed by atoms with Crippen molar-refractivity contribution in [3.63, 3.8) is 0 Å². The number of thiophene rings is 1. The Bertz CT molecular complexity index is 1350. The van der Waals surface area contributed by atoms with E-state index in [4.69, 9.17) is 0 Å². The average Bonchev–Trinajstić information content (AvgIpc) is 3.15. The molecule has 0 N–H and O–H groups in total. The lowest BCUT2D eigenvalue weighted by molar-refractivity contribution is 0.661. The number of hydrogen-bond donors (Lipinski definition) is 0. The lowest BCUT2D eigenvalue weighted by atomic mass is 9.82. The van der Waals surface area contributed by atoms with E-state index in [-0.39, 0.29) is 5.41 Å². The average molecular weight is 350 g/mol. The topological polar surface area (TPSA) is 0 Å². The summed E-state index contributed by atoms with van der Waals surface area (Å²) in [4.78, 5) is 0. The van der Waals surface area contributed by atoms with Crippen molar-refractivity contribution in [1.82, 2.24) is 0 Å². The Morgan fingerprint density at radius 1 is 0.654 bits per heavy atom. The van der Waals surface area contributed by atoms with Gasteiger partial charge in [0.1, 0.15) is 0 Å². The molecule has 1 aliphatic carbocycles. The summed E-state index contributed by atoms with van der Waals surface area (Å²) in [5.74, 6) is 0. The smallest absolute Gasteiger partial charge is 0.0434 e. The zero-order valence-corrected chi connectivity index (χ0v) is 15.7. The fourth-order valence-corrected chi connectivity index (χ4v) is 5.93. The Hall–Kier alpha value is -2.64. The van der Waals surface area contributed by atoms with Crippen molar-refractivity contribution in [2.45, 2.75) is 19.3 Å². The molecule has 0 saturated heterocycles. The fourth-order valence-electron chi connectivity index (χ4n) is 4.70. The van der Waals surface area contributed by atoms with Crippen molar-refractivity contribution in [1.29, 1.82) is 0 Å². The summed E-state index contributed by atoms with van der Waals surface area (Å²) in [6, 6.07) is 27.1. The van der Waals surface area contributed by atoms with Crippen molar-refractivity contribution in [2.24, 2.45) is 0 Å². The van der Waals surface area contributed by atoms with Crippen molar-refractivity contribution >= 4 is 42.3 Å². The molecule has 0 aliphatic heterocycles. The zero-order valence-electron chi connectivity index (χ0n) is 14.8. The lowest BCUT2D eigenvalue weighted by Gasteiger charge is -2.21. The number of benzene rings is 4. The molecule has 0 fully saturated rings. The summed E-state index contributed by atoms with van der Waals surface area (Å²) in [6.45, 7) is 4.70. The van der Waals surface area contributed by atoms with E-state index in [1.165, 1.54) is 53.2 Å². The van der Waals surface area contributed by atoms with E-state index in [0.717, 1.165) is 0 Å². The quantitative estimate of drug-likeness (QED) is 0.271. The third-order valence-corrected chi connectivity index (χ3v) is 7.28. The second kappa shape index (κ2) is 4.75. The van der Waals surface area contributed by atoms with Gasteiger partial charge in [-0.05, 0) is 45.8 Å². The molecule has 0 amide bonds. The molecule has 0 bridgehead atoms. The van der Waals surface area contributed by atoms with Crippen molar-refractivity contribution < 1.29 is 0 Å². The van der Waals surface area contributed by atoms with Gasteiger partial charge < -0.3 is 0 Å². The predicted octanol–water partition coefficient (Wildman–Crippen LogP) is 7.51. The maximum atomic E-state index is 2.44. The van der Waals surface area contributed by atoms with Crippen LogP contribution in [0.3, 0.4) is 0 Å². The molecule has 26 heavy (non-hydrogen) atoms. The minimum absolute atomic E-state index is 0.0647. The Kier molecular flexibility index (Phi) is 2.65. The summed E-state index contributed by atoms with van der Waals surface area (Å²) in [6.07, 6.45) is 0. The maximum Gasteiger partial charge on any atom is 0.0434 e. The fraction of sp³-hybridized carbons (Fsp3) is 0.120. The van der Waals surface area contributed by atoms with Crippen molar-refractivity contribution in [3.05, 3.63) is 83.9 Å². The summed E-state index contributed by atoms with van der Waals surface area (Å²) < 4.78 is 2.78. The van der Waals surface area contributed by atoms with Gasteiger partial charge in [-0.25, -0.2) is 0 Å². The van der Waals surface area contributed by atoms with Gasteiger partial charge in [-0.2, -0.15) is 0 Å². The van der Waals surface area contributed by atoms with Gasteiger partial charge in [0.15, 0.2) is 0 Å². The van der Waals surface area contributed by atoms with Gasteiger partial charge in [0, 0.05) is 31.0 Å². The molecule has 1 aliphatic rings. The molecule has 0 nitrogen and oxygen atoms in total. The van der Waals surface area contributed by atoms with E-state index < -0.39 is 0 Å². The Labute approximate surface area is 156 Å². The molecule has 1 heteroatoms. The van der Waals surface area contributed by atoms with Gasteiger partial charge in [0.25, 0.3) is 0 Å². The van der Waals surface area contributed by atoms with E-state index in [1.54, 1.807) is 0 Å². The summed E-state index contributed by atoms with van der Waals surface area (Å²) in [7, 11) is 0. The molecule has 124 valence electrons. The Morgan fingerprint density at radius 2 is 1.46 bits per heavy atom. The highest BCUT2D eigenvalue weighted by atomic mass is 32.1. The van der Waals surface area contributed by atoms with Crippen LogP contribution in [-0.2, 0) is 5.41 Å². The van der Waals surface area contributed by atoms with Crippen LogP contribution in [0.15, 0.2) is 72.8 Å². The van der Waals surface area contributed by atoms with Crippen molar-refractivity contribution in [2.75, 3.05) is 0 Å². The van der Waals surface area contributed by atoms with Gasteiger partial charge in [-0.15, -0.1) is 11.3 Å². The maximum absolute atomic E-state index is 2.44. The molecule has 1 heterocycles. The molecule has 0 radical (unpaired) electrons. The zero-order chi connectivity index (χ0) is 17.5. The third kappa shape index (κ3) is 1.69. The van der Waals surface area contributed by atoms with Gasteiger partial charge in [0.05, 0.1) is 0 Å². The molecule has 0 saturated carbocycles. The van der Waals surface area contributed by atoms with E-state index in [9.17, 15) is 0 Å². The number of hydrogen-bond acceptors (Lipinski definition) is 1. The second-order valence-electron chi connectivity index (χ2n) is 7.83. The largest absolute Gasteiger partial charge is 0.135 e. The van der Waals surface area contributed by atoms with Gasteiger partial charge in [0.2, 0.25) is 0 Å². The van der Waals surface area contributed by atoms with Crippen LogP contribution in [0.4, 0.5) is 0 Å². The molecule has 6 rings (SSSR count). The summed E-state index contributed by atoms with van der Waals surface area (Å²) in [5, 5.41) is 5.48. The molecule has 0 spiro atoms. The highest BCUT2D eigenvalue weighted by Gasteiger charge is 2.35. The van der Waals surface area contributed by atoms with Gasteiger partial charge in [-0.3, -0.25) is 0 Å². The summed E-state index contributed by atoms with van der Waals surface area (Å²) >= 11 is 1.92. The molecular weight excluding hydrogens is 332 g/mol. The summed E-state index contributed by atoms with van der Waals surface area (Å²) in [5.41, 5.74) is 5.76. The van der Waals surface area contributed by atoms with Gasteiger partial charge in [-0.1, -0.05) is 68.4 Å². The molecular formula is C25H18S. The first-order chi connectivity index (χ1) is 12.6. The van der Waals surface area contributed by atoms with E-state index >= 15 is 0 Å². The van der Waals surface area contributed by atoms with E-state index in [0.29, 0.717) is 0 Å². The number of fused-ring (bicyclic) bond motifs is 8. The van der Waals surface area contributed by atoms with Crippen molar-refractivity contribution in [3.8, 4) is 11.1 Å². The SMILES string of the molecule is CC1(C)c2ccccc2-c2cc3c(ccc4c5ccccc5sc34)cc21. The van der Waals surface area contributed by atoms with Crippen LogP contribution in [0.5, 0.6) is 0 Å². The first-order valence-corrected chi connectivity index (χ1v) is 9.94. The molecule has 0 unspecified atom stereocenters. The Balaban J connectivity index is 1.78. The molecule has 0 atom stereocenters. The molecule has 1 aromatic heterocycles. The minimum Gasteiger partial charge on any atom is -0.135 e. The van der Waals surface area contributed by atoms with Crippen LogP contribution < -0.4 is 0 Å². The monoisotopic (exact) mass is 350 g/mol. The third-order valence-electron chi connectivity index (χ3n) is 6.06. The normalized spacial score (nSPS) is 14.8. The van der Waals surface area contributed by atoms with Crippen LogP contribution in [0.25, 0.3) is 42.1 Å².